The molecule has 0 radical (unpaired) electrons. The van der Waals surface area contributed by atoms with Crippen molar-refractivity contribution in [1.82, 2.24) is 0 Å². The van der Waals surface area contributed by atoms with Crippen LogP contribution in [0.15, 0.2) is 47.6 Å². The van der Waals surface area contributed by atoms with Crippen molar-refractivity contribution in [1.29, 1.82) is 0 Å². The lowest BCUT2D eigenvalue weighted by atomic mass is 9.44. The molecule has 0 spiro atoms. The average molecular weight is 767 g/mol. The van der Waals surface area contributed by atoms with Crippen LogP contribution in [-0.2, 0) is 19.2 Å². The molecular formula is C44H59FO10. The van der Waals surface area contributed by atoms with E-state index in [4.69, 9.17) is 0 Å². The third-order valence-corrected chi connectivity index (χ3v) is 17.4. The van der Waals surface area contributed by atoms with Crippen molar-refractivity contribution in [2.75, 3.05) is 13.2 Å². The Morgan fingerprint density at radius 2 is 1.45 bits per heavy atom. The highest BCUT2D eigenvalue weighted by Crippen LogP contribution is 2.71. The van der Waals surface area contributed by atoms with Crippen LogP contribution < -0.4 is 0 Å². The molecule has 6 saturated carbocycles. The summed E-state index contributed by atoms with van der Waals surface area (Å²) in [6, 6.07) is 0. The highest BCUT2D eigenvalue weighted by atomic mass is 19.1. The number of alkyl halides is 1. The molecule has 302 valence electrons. The minimum absolute atomic E-state index is 0.00620. The van der Waals surface area contributed by atoms with Gasteiger partial charge in [-0.05, 0) is 112 Å². The van der Waals surface area contributed by atoms with Crippen LogP contribution in [0.3, 0.4) is 0 Å². The van der Waals surface area contributed by atoms with Gasteiger partial charge in [-0.2, -0.15) is 0 Å². The van der Waals surface area contributed by atoms with Gasteiger partial charge in [-0.25, -0.2) is 4.39 Å². The Labute approximate surface area is 322 Å². The molecule has 8 aliphatic carbocycles. The number of rotatable bonds is 4. The van der Waals surface area contributed by atoms with Gasteiger partial charge in [0.15, 0.2) is 28.8 Å². The lowest BCUT2D eigenvalue weighted by Crippen LogP contribution is -2.69. The molecule has 10 nitrogen and oxygen atoms in total. The van der Waals surface area contributed by atoms with Gasteiger partial charge < -0.3 is 30.6 Å². The number of hydrogen-bond acceptors (Lipinski definition) is 10. The maximum absolute atomic E-state index is 16.9. The van der Waals surface area contributed by atoms with E-state index in [1.807, 2.05) is 13.0 Å². The average Bonchev–Trinajstić information content (AvgIpc) is 3.51. The summed E-state index contributed by atoms with van der Waals surface area (Å²) >= 11 is 0. The molecule has 16 atom stereocenters. The summed E-state index contributed by atoms with van der Waals surface area (Å²) in [6.45, 7) is 9.96. The standard InChI is InChI=1S/C22H29FO5.C22H30O5/c1-12-8-16-15-5-4-13-9-14(25)6-7-19(13,2)21(15,23)17(26)10-20(16,3)22(12,28)18(27)11-24;1-12-8-14-15-5-7-22(27,18(26)11-23)21(15,3)10-17(25)19(14)20(2)6-4-13(24)9-16(12)20/h6-7,9,12,15-17,24,26,28H,4-5,8,10-11H2,1-3H3;4,6,9,12,14-15,17,19,23,25,27H,5,7-8,10-11H2,1-3H3/t12-,15+,16+,17+,19+,20+,21+,22+;12-,14-,15-,17-,19+,20-,21-,22-/m10/s1. The highest BCUT2D eigenvalue weighted by molar-refractivity contribution is 6.02. The van der Waals surface area contributed by atoms with Crippen LogP contribution in [0, 0.1) is 63.1 Å². The molecule has 8 aliphatic rings. The van der Waals surface area contributed by atoms with Crippen molar-refractivity contribution >= 4 is 23.1 Å². The maximum atomic E-state index is 16.9. The molecule has 0 saturated heterocycles. The van der Waals surface area contributed by atoms with Crippen molar-refractivity contribution in [2.45, 2.75) is 122 Å². The number of carbonyl (C=O) groups excluding carboxylic acids is 4. The Hall–Kier alpha value is -2.67. The van der Waals surface area contributed by atoms with Crippen molar-refractivity contribution < 1.29 is 54.2 Å². The molecule has 0 bridgehead atoms. The number of halogens is 1. The second-order valence-corrected chi connectivity index (χ2v) is 19.5. The minimum atomic E-state index is -1.98. The Kier molecular flexibility index (Phi) is 9.52. The van der Waals surface area contributed by atoms with Crippen LogP contribution in [0.25, 0.3) is 0 Å². The van der Waals surface area contributed by atoms with E-state index in [0.29, 0.717) is 37.7 Å². The predicted octanol–water partition coefficient (Wildman–Crippen LogP) is 3.70. The largest absolute Gasteiger partial charge is 0.393 e. The summed E-state index contributed by atoms with van der Waals surface area (Å²) in [7, 11) is 0. The van der Waals surface area contributed by atoms with Crippen LogP contribution in [-0.4, -0.2) is 96.1 Å². The molecule has 0 aromatic carbocycles. The van der Waals surface area contributed by atoms with Gasteiger partial charge in [0.25, 0.3) is 0 Å². The van der Waals surface area contributed by atoms with Crippen molar-refractivity contribution in [3.63, 3.8) is 0 Å². The van der Waals surface area contributed by atoms with Crippen LogP contribution >= 0.6 is 0 Å². The zero-order valence-corrected chi connectivity index (χ0v) is 32.9. The molecule has 8 rings (SSSR count). The molecule has 6 fully saturated rings. The van der Waals surface area contributed by atoms with Crippen LogP contribution in [0.2, 0.25) is 0 Å². The van der Waals surface area contributed by atoms with Crippen molar-refractivity contribution in [3.05, 3.63) is 47.6 Å². The van der Waals surface area contributed by atoms with Gasteiger partial charge in [0, 0.05) is 33.5 Å². The lowest BCUT2D eigenvalue weighted by Gasteiger charge is -2.62. The summed E-state index contributed by atoms with van der Waals surface area (Å²) in [5.74, 6) is -2.20. The third kappa shape index (κ3) is 5.05. The predicted molar refractivity (Wildman–Crippen MR) is 200 cm³/mol. The maximum Gasteiger partial charge on any atom is 0.190 e. The van der Waals surface area contributed by atoms with Crippen molar-refractivity contribution in [2.24, 2.45) is 63.1 Å². The van der Waals surface area contributed by atoms with E-state index in [2.05, 4.69) is 13.8 Å². The molecule has 11 heteroatoms. The van der Waals surface area contributed by atoms with E-state index in [0.717, 1.165) is 18.4 Å². The van der Waals surface area contributed by atoms with Gasteiger partial charge in [-0.1, -0.05) is 57.9 Å². The molecule has 0 aromatic heterocycles. The van der Waals surface area contributed by atoms with E-state index >= 15 is 4.39 Å². The number of carbonyl (C=O) groups is 4. The fourth-order valence-corrected chi connectivity index (χ4v) is 14.6. The summed E-state index contributed by atoms with van der Waals surface area (Å²) in [5.41, 5.74) is -6.76. The summed E-state index contributed by atoms with van der Waals surface area (Å²) in [5, 5.41) is 63.8. The highest BCUT2D eigenvalue weighted by Gasteiger charge is 2.75. The van der Waals surface area contributed by atoms with Gasteiger partial charge in [0.1, 0.15) is 24.4 Å². The Bertz CT molecular complexity index is 1820. The number of Topliss-reactive ketones (excluding diaryl/α,β-unsaturated/α-hetero) is 2. The van der Waals surface area contributed by atoms with Gasteiger partial charge >= 0.3 is 0 Å². The number of hydrogen-bond donors (Lipinski definition) is 6. The summed E-state index contributed by atoms with van der Waals surface area (Å²) in [6.07, 6.45) is 11.3. The van der Waals surface area contributed by atoms with Crippen LogP contribution in [0.1, 0.15) is 92.9 Å². The molecular weight excluding hydrogens is 707 g/mol. The molecule has 55 heavy (non-hydrogen) atoms. The number of aliphatic hydroxyl groups is 6. The van der Waals surface area contributed by atoms with E-state index in [1.165, 1.54) is 12.2 Å². The van der Waals surface area contributed by atoms with Gasteiger partial charge in [0.05, 0.1) is 12.2 Å². The van der Waals surface area contributed by atoms with Gasteiger partial charge in [-0.3, -0.25) is 19.2 Å². The Morgan fingerprint density at radius 1 is 0.818 bits per heavy atom. The Morgan fingerprint density at radius 3 is 2.11 bits per heavy atom. The zero-order valence-electron chi connectivity index (χ0n) is 32.9. The Balaban J connectivity index is 0.000000169. The fourth-order valence-electron chi connectivity index (χ4n) is 14.6. The third-order valence-electron chi connectivity index (χ3n) is 17.4. The fraction of sp³-hybridized carbons (Fsp3) is 0.727. The van der Waals surface area contributed by atoms with Gasteiger partial charge in [-0.15, -0.1) is 0 Å². The minimum Gasteiger partial charge on any atom is -0.393 e. The first kappa shape index (κ1) is 40.5. The number of aliphatic hydroxyl groups excluding tert-OH is 4. The van der Waals surface area contributed by atoms with E-state index < -0.39 is 81.9 Å². The first-order chi connectivity index (χ1) is 25.5. The van der Waals surface area contributed by atoms with E-state index in [9.17, 15) is 49.8 Å². The lowest BCUT2D eigenvalue weighted by molar-refractivity contribution is -0.219. The molecule has 0 heterocycles. The smallest absolute Gasteiger partial charge is 0.190 e. The monoisotopic (exact) mass is 766 g/mol. The topological polar surface area (TPSA) is 190 Å². The normalized spacial score (nSPS) is 51.9. The van der Waals surface area contributed by atoms with Crippen molar-refractivity contribution in [3.8, 4) is 0 Å². The first-order valence-corrected chi connectivity index (χ1v) is 20.2. The molecule has 0 aliphatic heterocycles. The molecule has 0 aromatic rings. The molecule has 6 N–H and O–H groups in total. The van der Waals surface area contributed by atoms with Crippen LogP contribution in [0.5, 0.6) is 0 Å². The summed E-state index contributed by atoms with van der Waals surface area (Å²) < 4.78 is 16.9. The van der Waals surface area contributed by atoms with E-state index in [1.54, 1.807) is 39.0 Å². The number of fused-ring (bicyclic) bond motifs is 10. The second kappa shape index (κ2) is 12.9. The quantitative estimate of drug-likeness (QED) is 0.246. The molecule has 0 unspecified atom stereocenters. The van der Waals surface area contributed by atoms with E-state index in [-0.39, 0.29) is 53.0 Å². The summed E-state index contributed by atoms with van der Waals surface area (Å²) in [4.78, 5) is 48.7. The van der Waals surface area contributed by atoms with Gasteiger partial charge in [0.2, 0.25) is 0 Å². The number of ketones is 4. The number of allylic oxidation sites excluding steroid dienone is 8. The van der Waals surface area contributed by atoms with Crippen LogP contribution in [0.4, 0.5) is 4.39 Å². The molecule has 0 amide bonds. The SMILES string of the molecule is C[C@@H]1C[C@H]2[C@@H]3CCC4=CC(=O)C=C[C@]4(C)[C@@]3(F)[C@@H](O)C[C@]2(C)[C@@]1(O)C(=O)CO.C[C@H]1C[C@@H]2[C@H]([C@@H](O)C[C@@]3(C)[C@H]2CC[C@]3(O)C(=O)CO)[C@@]2(C)C=CC(=O)C=C12. The second-order valence-electron chi connectivity index (χ2n) is 19.5. The first-order valence-electron chi connectivity index (χ1n) is 20.2. The zero-order chi connectivity index (χ0) is 40.5.